The Kier molecular flexibility index (Phi) is 7.08. The molecule has 0 aliphatic carbocycles. The van der Waals surface area contributed by atoms with Gasteiger partial charge in [0, 0.05) is 11.6 Å². The van der Waals surface area contributed by atoms with Crippen molar-refractivity contribution < 1.29 is 36.2 Å². The highest BCUT2D eigenvalue weighted by Gasteiger charge is 2.30. The van der Waals surface area contributed by atoms with Gasteiger partial charge in [-0.15, -0.1) is 0 Å². The zero-order valence-corrected chi connectivity index (χ0v) is 16.8. The molecule has 0 spiro atoms. The lowest BCUT2D eigenvalue weighted by atomic mass is 10.1. The summed E-state index contributed by atoms with van der Waals surface area (Å²) in [4.78, 5) is 25.2. The van der Waals surface area contributed by atoms with Gasteiger partial charge in [0.1, 0.15) is 23.0 Å². The van der Waals surface area contributed by atoms with E-state index in [0.29, 0.717) is 22.9 Å². The first-order valence-corrected chi connectivity index (χ1v) is 9.33. The van der Waals surface area contributed by atoms with E-state index < -0.39 is 59.0 Å². The third-order valence-corrected chi connectivity index (χ3v) is 4.60. The van der Waals surface area contributed by atoms with Gasteiger partial charge < -0.3 is 10.4 Å². The predicted molar refractivity (Wildman–Crippen MR) is 105 cm³/mol. The van der Waals surface area contributed by atoms with E-state index in [9.17, 15) is 35.9 Å². The van der Waals surface area contributed by atoms with E-state index in [1.54, 1.807) is 0 Å². The summed E-state index contributed by atoms with van der Waals surface area (Å²) in [6.45, 7) is 0. The minimum absolute atomic E-state index is 0.0408. The molecule has 0 saturated carbocycles. The van der Waals surface area contributed by atoms with E-state index in [1.807, 2.05) is 0 Å². The Labute approximate surface area is 186 Å². The lowest BCUT2D eigenvalue weighted by molar-refractivity contribution is -0.0551. The average Bonchev–Trinajstić information content (AvgIpc) is 2.74. The molecule has 2 atom stereocenters. The first-order valence-electron chi connectivity index (χ1n) is 8.95. The number of nitrogens with one attached hydrogen (secondary N) is 1. The number of halogens is 7. The highest BCUT2D eigenvalue weighted by atomic mass is 35.5. The number of hydrogen-bond donors (Lipinski definition) is 2. The quantitative estimate of drug-likeness (QED) is 0.407. The summed E-state index contributed by atoms with van der Waals surface area (Å²) in [5.74, 6) is -4.65. The van der Waals surface area contributed by atoms with E-state index >= 15 is 0 Å². The minimum atomic E-state index is -3.54. The van der Waals surface area contributed by atoms with Crippen LogP contribution in [-0.4, -0.2) is 39.6 Å². The molecule has 174 valence electrons. The number of carbonyl (C=O) groups is 1. The lowest BCUT2D eigenvalue weighted by Gasteiger charge is -2.17. The summed E-state index contributed by atoms with van der Waals surface area (Å²) in [7, 11) is 0. The van der Waals surface area contributed by atoms with Crippen LogP contribution < -0.4 is 10.9 Å². The molecule has 1 amide bonds. The molecule has 0 saturated heterocycles. The maximum atomic E-state index is 13.9. The molecule has 33 heavy (non-hydrogen) atoms. The molecule has 6 nitrogen and oxygen atoms in total. The largest absolute Gasteiger partial charge is 0.382 e. The number of aliphatic hydroxyl groups is 1. The topological polar surface area (TPSA) is 84.2 Å². The van der Waals surface area contributed by atoms with Gasteiger partial charge in [0.25, 0.3) is 17.9 Å². The second kappa shape index (κ2) is 9.63. The van der Waals surface area contributed by atoms with Gasteiger partial charge in [-0.1, -0.05) is 17.7 Å². The Balaban J connectivity index is 2.18. The predicted octanol–water partition coefficient (Wildman–Crippen LogP) is 3.62. The molecule has 3 rings (SSSR count). The summed E-state index contributed by atoms with van der Waals surface area (Å²) in [6.07, 6.45) is -9.39. The number of rotatable bonds is 6. The number of aliphatic hydroxyl groups excluding tert-OH is 1. The maximum absolute atomic E-state index is 13.9. The molecule has 3 aromatic rings. The van der Waals surface area contributed by atoms with Gasteiger partial charge in [0.05, 0.1) is 16.4 Å². The average molecular weight is 492 g/mol. The van der Waals surface area contributed by atoms with Crippen LogP contribution in [0.1, 0.15) is 10.4 Å². The van der Waals surface area contributed by atoms with Crippen LogP contribution in [0.3, 0.4) is 0 Å². The van der Waals surface area contributed by atoms with E-state index in [-0.39, 0.29) is 16.3 Å². The van der Waals surface area contributed by atoms with Crippen LogP contribution in [0.15, 0.2) is 47.3 Å². The lowest BCUT2D eigenvalue weighted by Crippen LogP contribution is -2.45. The van der Waals surface area contributed by atoms with Crippen molar-refractivity contribution in [2.75, 3.05) is 0 Å². The molecule has 0 aliphatic rings. The number of amides is 1. The van der Waals surface area contributed by atoms with Gasteiger partial charge >= 0.3 is 0 Å². The Hall–Kier alpha value is -3.38. The van der Waals surface area contributed by atoms with Crippen molar-refractivity contribution in [1.29, 1.82) is 0 Å². The SMILES string of the molecule is O=C(NC(F)C(O)C(F)F)c1cc(-c2ccc(Cl)c(F)c2)nn(-c2cc(F)cc(F)c2)c1=O. The van der Waals surface area contributed by atoms with Crippen molar-refractivity contribution in [2.45, 2.75) is 18.8 Å². The van der Waals surface area contributed by atoms with Crippen molar-refractivity contribution >= 4 is 17.5 Å². The number of nitrogens with zero attached hydrogens (tertiary/aromatic N) is 2. The molecule has 1 aromatic heterocycles. The number of aromatic nitrogens is 2. The fraction of sp³-hybridized carbons (Fsp3) is 0.150. The van der Waals surface area contributed by atoms with Crippen molar-refractivity contribution in [1.82, 2.24) is 15.1 Å². The summed E-state index contributed by atoms with van der Waals surface area (Å²) < 4.78 is 80.5. The van der Waals surface area contributed by atoms with Crippen LogP contribution in [0.4, 0.5) is 26.3 Å². The number of hydrogen-bond acceptors (Lipinski definition) is 4. The summed E-state index contributed by atoms with van der Waals surface area (Å²) >= 11 is 5.62. The third kappa shape index (κ3) is 5.34. The monoisotopic (exact) mass is 491 g/mol. The van der Waals surface area contributed by atoms with E-state index in [2.05, 4.69) is 5.10 Å². The highest BCUT2D eigenvalue weighted by Crippen LogP contribution is 2.24. The smallest absolute Gasteiger partial charge is 0.284 e. The summed E-state index contributed by atoms with van der Waals surface area (Å²) in [5.41, 5.74) is -3.02. The third-order valence-electron chi connectivity index (χ3n) is 4.29. The van der Waals surface area contributed by atoms with Gasteiger partial charge in [0.2, 0.25) is 6.30 Å². The minimum Gasteiger partial charge on any atom is -0.382 e. The second-order valence-corrected chi connectivity index (χ2v) is 7.02. The number of carbonyl (C=O) groups excluding carboxylic acids is 1. The van der Waals surface area contributed by atoms with E-state index in [4.69, 9.17) is 16.7 Å². The standard InChI is InChI=1S/C20H12ClF6N3O3/c21-13-2-1-8(3-14(13)24)15-7-12(19(32)28-18(27)16(31)17(25)26)20(33)30(29-15)11-5-9(22)4-10(23)6-11/h1-7,16-18,31H,(H,28,32). The molecule has 0 aliphatic heterocycles. The van der Waals surface area contributed by atoms with Crippen LogP contribution in [0.2, 0.25) is 5.02 Å². The van der Waals surface area contributed by atoms with Crippen LogP contribution in [0, 0.1) is 17.5 Å². The molecule has 13 heteroatoms. The maximum Gasteiger partial charge on any atom is 0.284 e. The van der Waals surface area contributed by atoms with Gasteiger partial charge in [-0.05, 0) is 30.3 Å². The Morgan fingerprint density at radius 1 is 1.03 bits per heavy atom. The van der Waals surface area contributed by atoms with Crippen LogP contribution in [-0.2, 0) is 0 Å². The Bertz CT molecular complexity index is 1250. The van der Waals surface area contributed by atoms with Gasteiger partial charge in [0.15, 0.2) is 6.10 Å². The van der Waals surface area contributed by atoms with Gasteiger partial charge in [-0.2, -0.15) is 9.78 Å². The molecule has 2 N–H and O–H groups in total. The van der Waals surface area contributed by atoms with Crippen LogP contribution in [0.5, 0.6) is 0 Å². The fourth-order valence-electron chi connectivity index (χ4n) is 2.71. The molecule has 0 radical (unpaired) electrons. The van der Waals surface area contributed by atoms with Gasteiger partial charge in [-0.3, -0.25) is 9.59 Å². The summed E-state index contributed by atoms with van der Waals surface area (Å²) in [6, 6.07) is 5.93. The molecule has 1 heterocycles. The van der Waals surface area contributed by atoms with Crippen molar-refractivity contribution in [3.05, 3.63) is 80.9 Å². The zero-order valence-electron chi connectivity index (χ0n) is 16.1. The molecule has 0 bridgehead atoms. The zero-order chi connectivity index (χ0) is 24.4. The molecule has 0 fully saturated rings. The summed E-state index contributed by atoms with van der Waals surface area (Å²) in [5, 5.41) is 14.1. The molecule has 2 aromatic carbocycles. The second-order valence-electron chi connectivity index (χ2n) is 6.62. The van der Waals surface area contributed by atoms with Crippen LogP contribution >= 0.6 is 11.6 Å². The Morgan fingerprint density at radius 3 is 2.24 bits per heavy atom. The van der Waals surface area contributed by atoms with Gasteiger partial charge in [-0.25, -0.2) is 26.3 Å². The first kappa shape index (κ1) is 24.3. The normalized spacial score (nSPS) is 13.1. The Morgan fingerprint density at radius 2 is 1.67 bits per heavy atom. The van der Waals surface area contributed by atoms with E-state index in [1.165, 1.54) is 11.4 Å². The van der Waals surface area contributed by atoms with Crippen molar-refractivity contribution in [3.8, 4) is 16.9 Å². The molecular weight excluding hydrogens is 480 g/mol. The fourth-order valence-corrected chi connectivity index (χ4v) is 2.82. The number of alkyl halides is 3. The first-order chi connectivity index (χ1) is 15.5. The van der Waals surface area contributed by atoms with Crippen molar-refractivity contribution in [3.63, 3.8) is 0 Å². The molecule has 2 unspecified atom stereocenters. The highest BCUT2D eigenvalue weighted by molar-refractivity contribution is 6.30. The number of benzene rings is 2. The van der Waals surface area contributed by atoms with E-state index in [0.717, 1.165) is 18.2 Å². The molecular formula is C20H12ClF6N3O3. The van der Waals surface area contributed by atoms with Crippen LogP contribution in [0.25, 0.3) is 16.9 Å². The van der Waals surface area contributed by atoms with Crippen molar-refractivity contribution in [2.24, 2.45) is 0 Å².